The number of sulfonamides is 1. The Hall–Kier alpha value is -4.46. The first-order chi connectivity index (χ1) is 18.8. The molecule has 10 heteroatoms. The third-order valence-electron chi connectivity index (χ3n) is 7.39. The van der Waals surface area contributed by atoms with Gasteiger partial charge in [0.05, 0.1) is 39.5 Å². The molecular formula is C29H22FN5O3S. The van der Waals surface area contributed by atoms with Crippen molar-refractivity contribution in [1.82, 2.24) is 19.1 Å². The second-order valence-corrected chi connectivity index (χ2v) is 11.6. The molecule has 39 heavy (non-hydrogen) atoms. The predicted molar refractivity (Wildman–Crippen MR) is 141 cm³/mol. The molecule has 4 aromatic rings. The number of ketones is 1. The number of hydrogen-bond donors (Lipinski definition) is 0. The minimum absolute atomic E-state index is 0.00930. The summed E-state index contributed by atoms with van der Waals surface area (Å²) in [6.07, 6.45) is 5.68. The Morgan fingerprint density at radius 1 is 1.08 bits per heavy atom. The molecule has 0 radical (unpaired) electrons. The van der Waals surface area contributed by atoms with Gasteiger partial charge >= 0.3 is 0 Å². The molecule has 0 amide bonds. The number of pyridine rings is 1. The highest BCUT2D eigenvalue weighted by Crippen LogP contribution is 2.47. The maximum Gasteiger partial charge on any atom is 0.243 e. The number of nitriles is 1. The fraction of sp³-hybridized carbons (Fsp3) is 0.172. The van der Waals surface area contributed by atoms with Gasteiger partial charge in [-0.1, -0.05) is 17.7 Å². The molecular weight excluding hydrogens is 517 g/mol. The van der Waals surface area contributed by atoms with Crippen LogP contribution < -0.4 is 0 Å². The summed E-state index contributed by atoms with van der Waals surface area (Å²) in [4.78, 5) is 18.4. The highest BCUT2D eigenvalue weighted by molar-refractivity contribution is 7.89. The summed E-state index contributed by atoms with van der Waals surface area (Å²) >= 11 is 0. The van der Waals surface area contributed by atoms with Crippen molar-refractivity contribution in [3.8, 4) is 11.8 Å². The number of nitrogens with zero attached hydrogens (tertiary/aromatic N) is 5. The summed E-state index contributed by atoms with van der Waals surface area (Å²) in [6.45, 7) is 0.0940. The van der Waals surface area contributed by atoms with Gasteiger partial charge in [0, 0.05) is 19.3 Å². The van der Waals surface area contributed by atoms with E-state index in [1.807, 2.05) is 12.1 Å². The molecule has 1 aliphatic carbocycles. The maximum absolute atomic E-state index is 14.2. The Labute approximate surface area is 224 Å². The van der Waals surface area contributed by atoms with Crippen LogP contribution in [-0.4, -0.2) is 46.4 Å². The fourth-order valence-corrected chi connectivity index (χ4v) is 6.97. The molecule has 3 heterocycles. The number of aromatic nitrogens is 3. The molecule has 0 N–H and O–H groups in total. The molecule has 1 aliphatic heterocycles. The number of hydrogen-bond acceptors (Lipinski definition) is 6. The molecule has 2 aliphatic rings. The zero-order chi connectivity index (χ0) is 27.2. The van der Waals surface area contributed by atoms with E-state index in [-0.39, 0.29) is 47.3 Å². The van der Waals surface area contributed by atoms with E-state index < -0.39 is 15.4 Å². The summed E-state index contributed by atoms with van der Waals surface area (Å²) in [5.74, 6) is -0.618. The highest BCUT2D eigenvalue weighted by Gasteiger charge is 2.51. The first-order valence-electron chi connectivity index (χ1n) is 12.3. The van der Waals surface area contributed by atoms with Crippen LogP contribution in [0.2, 0.25) is 0 Å². The van der Waals surface area contributed by atoms with Crippen molar-refractivity contribution in [3.63, 3.8) is 0 Å². The average Bonchev–Trinajstić information content (AvgIpc) is 3.38. The van der Waals surface area contributed by atoms with Crippen LogP contribution in [0.1, 0.15) is 33.7 Å². The molecule has 1 atom stereocenters. The van der Waals surface area contributed by atoms with E-state index in [1.165, 1.54) is 34.6 Å². The second kappa shape index (κ2) is 9.38. The summed E-state index contributed by atoms with van der Waals surface area (Å²) in [5, 5.41) is 13.8. The molecule has 8 nitrogen and oxygen atoms in total. The molecule has 2 aromatic carbocycles. The Bertz CT molecular complexity index is 1780. The normalized spacial score (nSPS) is 18.9. The van der Waals surface area contributed by atoms with Crippen LogP contribution in [0.3, 0.4) is 0 Å². The minimum Gasteiger partial charge on any atom is -0.291 e. The molecule has 0 spiro atoms. The summed E-state index contributed by atoms with van der Waals surface area (Å²) in [5.41, 5.74) is 2.34. The number of halogens is 1. The van der Waals surface area contributed by atoms with Crippen LogP contribution >= 0.6 is 0 Å². The first kappa shape index (κ1) is 24.9. The first-order valence-corrected chi connectivity index (χ1v) is 13.8. The number of Topliss-reactive ketones (excluding diaryl/α,β-unsaturated/α-hetero) is 1. The Morgan fingerprint density at radius 3 is 2.64 bits per heavy atom. The molecule has 1 fully saturated rings. The lowest BCUT2D eigenvalue weighted by Crippen LogP contribution is -2.53. The van der Waals surface area contributed by atoms with Gasteiger partial charge in [0.25, 0.3) is 0 Å². The zero-order valence-electron chi connectivity index (χ0n) is 20.7. The fourth-order valence-electron chi connectivity index (χ4n) is 5.43. The van der Waals surface area contributed by atoms with Crippen molar-refractivity contribution in [2.45, 2.75) is 17.7 Å². The average molecular weight is 540 g/mol. The SMILES string of the molecule is N#Cc1cccc(S(=O)(=O)N2CCC3=Cc4c(cnn4-c4ccc(F)cc4)CC3(C(=O)c3ccccn3)C2)c1. The van der Waals surface area contributed by atoms with Crippen LogP contribution in [-0.2, 0) is 16.4 Å². The van der Waals surface area contributed by atoms with Crippen molar-refractivity contribution < 1.29 is 17.6 Å². The lowest BCUT2D eigenvalue weighted by molar-refractivity contribution is 0.0770. The Morgan fingerprint density at radius 2 is 1.90 bits per heavy atom. The number of rotatable bonds is 5. The third kappa shape index (κ3) is 4.16. The summed E-state index contributed by atoms with van der Waals surface area (Å²) in [7, 11) is -3.99. The summed E-state index contributed by atoms with van der Waals surface area (Å²) in [6, 6.07) is 18.9. The van der Waals surface area contributed by atoms with Gasteiger partial charge in [0.15, 0.2) is 5.78 Å². The van der Waals surface area contributed by atoms with Gasteiger partial charge in [0.1, 0.15) is 11.5 Å². The van der Waals surface area contributed by atoms with E-state index in [2.05, 4.69) is 10.1 Å². The van der Waals surface area contributed by atoms with Crippen molar-refractivity contribution in [2.24, 2.45) is 5.41 Å². The largest absolute Gasteiger partial charge is 0.291 e. The molecule has 0 saturated carbocycles. The van der Waals surface area contributed by atoms with Crippen LogP contribution in [0.15, 0.2) is 89.6 Å². The van der Waals surface area contributed by atoms with E-state index in [0.29, 0.717) is 12.1 Å². The summed E-state index contributed by atoms with van der Waals surface area (Å²) < 4.78 is 44.0. The van der Waals surface area contributed by atoms with Crippen LogP contribution in [0, 0.1) is 22.6 Å². The molecule has 0 bridgehead atoms. The number of benzene rings is 2. The zero-order valence-corrected chi connectivity index (χ0v) is 21.5. The van der Waals surface area contributed by atoms with Gasteiger partial charge in [-0.3, -0.25) is 9.78 Å². The topological polar surface area (TPSA) is 109 Å². The predicted octanol–water partition coefficient (Wildman–Crippen LogP) is 4.18. The smallest absolute Gasteiger partial charge is 0.243 e. The molecule has 6 rings (SSSR count). The van der Waals surface area contributed by atoms with Gasteiger partial charge in [-0.25, -0.2) is 17.5 Å². The van der Waals surface area contributed by atoms with Gasteiger partial charge in [0.2, 0.25) is 10.0 Å². The second-order valence-electron chi connectivity index (χ2n) is 9.64. The minimum atomic E-state index is -3.99. The number of carbonyl (C=O) groups excluding carboxylic acids is 1. The maximum atomic E-state index is 14.2. The number of fused-ring (bicyclic) bond motifs is 2. The van der Waals surface area contributed by atoms with E-state index in [9.17, 15) is 22.9 Å². The monoisotopic (exact) mass is 539 g/mol. The lowest BCUT2D eigenvalue weighted by Gasteiger charge is -2.44. The highest BCUT2D eigenvalue weighted by atomic mass is 32.2. The molecule has 2 aromatic heterocycles. The van der Waals surface area contributed by atoms with Crippen molar-refractivity contribution in [1.29, 1.82) is 5.26 Å². The Kier molecular flexibility index (Phi) is 5.98. The van der Waals surface area contributed by atoms with E-state index >= 15 is 0 Å². The van der Waals surface area contributed by atoms with Crippen molar-refractivity contribution in [2.75, 3.05) is 13.1 Å². The van der Waals surface area contributed by atoms with Gasteiger partial charge in [-0.05, 0) is 79.1 Å². The van der Waals surface area contributed by atoms with Crippen molar-refractivity contribution >= 4 is 21.9 Å². The quantitative estimate of drug-likeness (QED) is 0.352. The molecule has 1 saturated heterocycles. The van der Waals surface area contributed by atoms with E-state index in [0.717, 1.165) is 16.8 Å². The van der Waals surface area contributed by atoms with Gasteiger partial charge in [-0.2, -0.15) is 14.7 Å². The number of piperidine rings is 1. The number of carbonyl (C=O) groups is 1. The molecule has 1 unspecified atom stereocenters. The van der Waals surface area contributed by atoms with E-state index in [1.54, 1.807) is 53.5 Å². The van der Waals surface area contributed by atoms with Gasteiger partial charge in [-0.15, -0.1) is 0 Å². The standard InChI is InChI=1S/C29H22FN5O3S/c30-23-7-9-24(10-8-23)35-27-15-22-11-13-34(39(37,38)25-5-3-4-20(14-25)17-31)19-29(22,16-21(27)18-33-35)28(36)26-6-1-2-12-32-26/h1-10,12,14-15,18H,11,13,16,19H2. The lowest BCUT2D eigenvalue weighted by atomic mass is 9.65. The van der Waals surface area contributed by atoms with Gasteiger partial charge < -0.3 is 0 Å². The third-order valence-corrected chi connectivity index (χ3v) is 9.23. The van der Waals surface area contributed by atoms with Crippen molar-refractivity contribution in [3.05, 3.63) is 113 Å². The Balaban J connectivity index is 1.45. The van der Waals surface area contributed by atoms with E-state index in [4.69, 9.17) is 0 Å². The van der Waals surface area contributed by atoms with Crippen LogP contribution in [0.4, 0.5) is 4.39 Å². The van der Waals surface area contributed by atoms with Crippen LogP contribution in [0.5, 0.6) is 0 Å². The van der Waals surface area contributed by atoms with Crippen LogP contribution in [0.25, 0.3) is 11.8 Å². The molecule has 194 valence electrons.